The molecule has 2 rings (SSSR count). The van der Waals surface area contributed by atoms with Crippen LogP contribution in [0.1, 0.15) is 25.0 Å². The van der Waals surface area contributed by atoms with Crippen molar-refractivity contribution in [2.75, 3.05) is 5.73 Å². The Morgan fingerprint density at radius 1 is 1.00 bits per heavy atom. The van der Waals surface area contributed by atoms with Crippen LogP contribution in [0.25, 0.3) is 0 Å². The van der Waals surface area contributed by atoms with Gasteiger partial charge < -0.3 is 5.73 Å². The molecule has 0 heterocycles. The summed E-state index contributed by atoms with van der Waals surface area (Å²) in [6.45, 7) is 6.28. The molecule has 0 aromatic heterocycles. The molecule has 0 amide bonds. The number of nitrogen functional groups attached to an aromatic ring is 1. The summed E-state index contributed by atoms with van der Waals surface area (Å²) >= 11 is 3.59. The van der Waals surface area contributed by atoms with Crippen LogP contribution in [-0.2, 0) is 13.1 Å². The van der Waals surface area contributed by atoms with E-state index >= 15 is 0 Å². The van der Waals surface area contributed by atoms with Crippen LogP contribution in [0.5, 0.6) is 0 Å². The van der Waals surface area contributed by atoms with Gasteiger partial charge in [-0.1, -0.05) is 42.5 Å². The Morgan fingerprint density at radius 2 is 1.70 bits per heavy atom. The van der Waals surface area contributed by atoms with Crippen molar-refractivity contribution in [3.63, 3.8) is 0 Å². The molecule has 2 nitrogen and oxygen atoms in total. The van der Waals surface area contributed by atoms with Gasteiger partial charge in [0.05, 0.1) is 0 Å². The number of nitrogens with zero attached hydrogens (tertiary/aromatic N) is 1. The summed E-state index contributed by atoms with van der Waals surface area (Å²) in [5.41, 5.74) is 9.32. The van der Waals surface area contributed by atoms with E-state index in [1.807, 2.05) is 12.1 Å². The van der Waals surface area contributed by atoms with Gasteiger partial charge in [-0.25, -0.2) is 0 Å². The summed E-state index contributed by atoms with van der Waals surface area (Å²) in [7, 11) is 0. The molecule has 0 fully saturated rings. The molecule has 106 valence electrons. The van der Waals surface area contributed by atoms with Crippen LogP contribution in [0.2, 0.25) is 0 Å². The molecule has 0 saturated heterocycles. The highest BCUT2D eigenvalue weighted by Crippen LogP contribution is 2.26. The van der Waals surface area contributed by atoms with Crippen LogP contribution in [0.4, 0.5) is 5.69 Å². The van der Waals surface area contributed by atoms with Crippen molar-refractivity contribution in [2.45, 2.75) is 33.0 Å². The SMILES string of the molecule is CC(C)N(Cc1ccccc1)Cc1cccc(N)c1Br. The molecule has 2 N–H and O–H groups in total. The van der Waals surface area contributed by atoms with Gasteiger partial charge in [0.2, 0.25) is 0 Å². The van der Waals surface area contributed by atoms with E-state index in [1.165, 1.54) is 11.1 Å². The lowest BCUT2D eigenvalue weighted by Gasteiger charge is -2.27. The molecule has 2 aromatic rings. The average molecular weight is 333 g/mol. The third kappa shape index (κ3) is 3.84. The number of rotatable bonds is 5. The molecule has 0 aliphatic carbocycles. The topological polar surface area (TPSA) is 29.3 Å². The maximum Gasteiger partial charge on any atom is 0.0461 e. The maximum absolute atomic E-state index is 5.96. The predicted octanol–water partition coefficient (Wildman–Crippen LogP) is 4.44. The first-order chi connectivity index (χ1) is 9.58. The lowest BCUT2D eigenvalue weighted by Crippen LogP contribution is -2.30. The van der Waals surface area contributed by atoms with E-state index in [4.69, 9.17) is 5.73 Å². The number of nitrogens with two attached hydrogens (primary N) is 1. The summed E-state index contributed by atoms with van der Waals surface area (Å²) in [6, 6.07) is 17.1. The normalized spacial score (nSPS) is 11.2. The van der Waals surface area contributed by atoms with Gasteiger partial charge in [0.15, 0.2) is 0 Å². The van der Waals surface area contributed by atoms with Crippen LogP contribution in [0.15, 0.2) is 53.0 Å². The molecule has 0 radical (unpaired) electrons. The van der Waals surface area contributed by atoms with Crippen LogP contribution >= 0.6 is 15.9 Å². The quantitative estimate of drug-likeness (QED) is 0.820. The molecule has 2 aromatic carbocycles. The third-order valence-electron chi connectivity index (χ3n) is 3.44. The van der Waals surface area contributed by atoms with Gasteiger partial charge >= 0.3 is 0 Å². The summed E-state index contributed by atoms with van der Waals surface area (Å²) in [4.78, 5) is 2.44. The summed E-state index contributed by atoms with van der Waals surface area (Å²) in [6.07, 6.45) is 0. The Hall–Kier alpha value is -1.32. The first kappa shape index (κ1) is 15.1. The highest BCUT2D eigenvalue weighted by molar-refractivity contribution is 9.10. The predicted molar refractivity (Wildman–Crippen MR) is 89.4 cm³/mol. The van der Waals surface area contributed by atoms with Gasteiger partial charge in [-0.3, -0.25) is 4.90 Å². The van der Waals surface area contributed by atoms with Gasteiger partial charge in [0.25, 0.3) is 0 Å². The Labute approximate surface area is 129 Å². The summed E-state index contributed by atoms with van der Waals surface area (Å²) in [5, 5.41) is 0. The van der Waals surface area contributed by atoms with Crippen molar-refractivity contribution in [1.82, 2.24) is 4.90 Å². The highest BCUT2D eigenvalue weighted by Gasteiger charge is 2.13. The van der Waals surface area contributed by atoms with E-state index in [-0.39, 0.29) is 0 Å². The Kier molecular flexibility index (Phi) is 5.21. The fourth-order valence-corrected chi connectivity index (χ4v) is 2.57. The van der Waals surface area contributed by atoms with Crippen molar-refractivity contribution < 1.29 is 0 Å². The van der Waals surface area contributed by atoms with Crippen molar-refractivity contribution in [3.05, 3.63) is 64.1 Å². The number of anilines is 1. The second-order valence-electron chi connectivity index (χ2n) is 5.30. The van der Waals surface area contributed by atoms with E-state index in [0.717, 1.165) is 23.2 Å². The lowest BCUT2D eigenvalue weighted by atomic mass is 10.1. The minimum Gasteiger partial charge on any atom is -0.398 e. The van der Waals surface area contributed by atoms with Gasteiger partial charge in [-0.15, -0.1) is 0 Å². The second-order valence-corrected chi connectivity index (χ2v) is 6.10. The zero-order valence-electron chi connectivity index (χ0n) is 12.0. The van der Waals surface area contributed by atoms with E-state index in [9.17, 15) is 0 Å². The van der Waals surface area contributed by atoms with Crippen molar-refractivity contribution in [1.29, 1.82) is 0 Å². The lowest BCUT2D eigenvalue weighted by molar-refractivity contribution is 0.203. The molecule has 0 aliphatic heterocycles. The Bertz CT molecular complexity index is 552. The standard InChI is InChI=1S/C17H21BrN2/c1-13(2)20(11-14-7-4-3-5-8-14)12-15-9-6-10-16(19)17(15)18/h3-10,13H,11-12,19H2,1-2H3. The highest BCUT2D eigenvalue weighted by atomic mass is 79.9. The smallest absolute Gasteiger partial charge is 0.0461 e. The zero-order chi connectivity index (χ0) is 14.5. The van der Waals surface area contributed by atoms with Crippen LogP contribution in [0, 0.1) is 0 Å². The zero-order valence-corrected chi connectivity index (χ0v) is 13.6. The van der Waals surface area contributed by atoms with E-state index < -0.39 is 0 Å². The molecule has 0 unspecified atom stereocenters. The number of benzene rings is 2. The molecule has 3 heteroatoms. The molecule has 20 heavy (non-hydrogen) atoms. The van der Waals surface area contributed by atoms with Crippen molar-refractivity contribution >= 4 is 21.6 Å². The molecule has 0 spiro atoms. The van der Waals surface area contributed by atoms with Crippen molar-refractivity contribution in [2.24, 2.45) is 0 Å². The monoisotopic (exact) mass is 332 g/mol. The molecule has 0 bridgehead atoms. The first-order valence-electron chi connectivity index (χ1n) is 6.88. The molecular formula is C17H21BrN2. The Balaban J connectivity index is 2.16. The minimum absolute atomic E-state index is 0.475. The van der Waals surface area contributed by atoms with Gasteiger partial charge in [-0.05, 0) is 47.0 Å². The number of halogens is 1. The van der Waals surface area contributed by atoms with Crippen LogP contribution in [-0.4, -0.2) is 10.9 Å². The van der Waals surface area contributed by atoms with E-state index in [2.05, 4.69) is 71.1 Å². The Morgan fingerprint density at radius 3 is 2.35 bits per heavy atom. The van der Waals surface area contributed by atoms with E-state index in [1.54, 1.807) is 0 Å². The number of hydrogen-bond donors (Lipinski definition) is 1. The molecular weight excluding hydrogens is 312 g/mol. The van der Waals surface area contributed by atoms with Crippen molar-refractivity contribution in [3.8, 4) is 0 Å². The summed E-state index contributed by atoms with van der Waals surface area (Å²) in [5.74, 6) is 0. The van der Waals surface area contributed by atoms with Gasteiger partial charge in [-0.2, -0.15) is 0 Å². The summed E-state index contributed by atoms with van der Waals surface area (Å²) < 4.78 is 1.01. The van der Waals surface area contributed by atoms with Gasteiger partial charge in [0, 0.05) is 29.3 Å². The maximum atomic E-state index is 5.96. The fraction of sp³-hybridized carbons (Fsp3) is 0.294. The molecule has 0 atom stereocenters. The largest absolute Gasteiger partial charge is 0.398 e. The molecule has 0 saturated carbocycles. The number of hydrogen-bond acceptors (Lipinski definition) is 2. The van der Waals surface area contributed by atoms with E-state index in [0.29, 0.717) is 6.04 Å². The second kappa shape index (κ2) is 6.91. The van der Waals surface area contributed by atoms with Gasteiger partial charge in [0.1, 0.15) is 0 Å². The minimum atomic E-state index is 0.475. The fourth-order valence-electron chi connectivity index (χ4n) is 2.18. The first-order valence-corrected chi connectivity index (χ1v) is 7.68. The van der Waals surface area contributed by atoms with Crippen LogP contribution in [0.3, 0.4) is 0 Å². The molecule has 0 aliphatic rings. The third-order valence-corrected chi connectivity index (χ3v) is 4.41. The van der Waals surface area contributed by atoms with Crippen LogP contribution < -0.4 is 5.73 Å². The average Bonchev–Trinajstić information content (AvgIpc) is 2.44.